The molecule has 18 heavy (non-hydrogen) atoms. The second-order valence-corrected chi connectivity index (χ2v) is 7.11. The van der Waals surface area contributed by atoms with Crippen molar-refractivity contribution in [3.63, 3.8) is 0 Å². The third kappa shape index (κ3) is 3.27. The monoisotopic (exact) mass is 254 g/mol. The Hall–Kier alpha value is -0.0800. The van der Waals surface area contributed by atoms with Crippen molar-refractivity contribution >= 4 is 0 Å². The average molecular weight is 254 g/mol. The third-order valence-electron chi connectivity index (χ3n) is 4.80. The molecule has 1 aliphatic rings. The van der Waals surface area contributed by atoms with Crippen LogP contribution in [0, 0.1) is 17.8 Å². The molecule has 0 bridgehead atoms. The highest BCUT2D eigenvalue weighted by Gasteiger charge is 2.46. The van der Waals surface area contributed by atoms with Crippen molar-refractivity contribution in [3.05, 3.63) is 0 Å². The van der Waals surface area contributed by atoms with Crippen molar-refractivity contribution in [2.45, 2.75) is 72.4 Å². The van der Waals surface area contributed by atoms with E-state index >= 15 is 0 Å². The van der Waals surface area contributed by atoms with E-state index in [1.165, 1.54) is 25.8 Å². The minimum absolute atomic E-state index is 0.191. The second kappa shape index (κ2) is 6.38. The Bertz CT molecular complexity index is 233. The molecule has 1 fully saturated rings. The Morgan fingerprint density at radius 3 is 1.83 bits per heavy atom. The summed E-state index contributed by atoms with van der Waals surface area (Å²) >= 11 is 0. The zero-order valence-corrected chi connectivity index (χ0v) is 13.4. The molecule has 1 rings (SSSR count). The molecule has 0 unspecified atom stereocenters. The normalized spacial score (nSPS) is 17.5. The van der Waals surface area contributed by atoms with Gasteiger partial charge in [0.2, 0.25) is 0 Å². The fourth-order valence-electron chi connectivity index (χ4n) is 3.43. The van der Waals surface area contributed by atoms with E-state index < -0.39 is 0 Å². The van der Waals surface area contributed by atoms with E-state index in [1.807, 2.05) is 0 Å². The highest BCUT2D eigenvalue weighted by atomic mass is 15.3. The van der Waals surface area contributed by atoms with E-state index in [0.29, 0.717) is 11.8 Å². The van der Waals surface area contributed by atoms with Crippen molar-refractivity contribution in [2.24, 2.45) is 23.5 Å². The Labute approximate surface area is 114 Å². The minimum atomic E-state index is 0.191. The van der Waals surface area contributed by atoms with Gasteiger partial charge < -0.3 is 5.73 Å². The summed E-state index contributed by atoms with van der Waals surface area (Å²) in [5, 5.41) is 0. The van der Waals surface area contributed by atoms with Crippen LogP contribution in [0.3, 0.4) is 0 Å². The van der Waals surface area contributed by atoms with Gasteiger partial charge in [0.1, 0.15) is 0 Å². The van der Waals surface area contributed by atoms with Crippen molar-refractivity contribution in [1.29, 1.82) is 0 Å². The fourth-order valence-corrected chi connectivity index (χ4v) is 3.43. The van der Waals surface area contributed by atoms with Crippen LogP contribution in [0.15, 0.2) is 0 Å². The van der Waals surface area contributed by atoms with Crippen molar-refractivity contribution < 1.29 is 0 Å². The Morgan fingerprint density at radius 2 is 1.56 bits per heavy atom. The van der Waals surface area contributed by atoms with Crippen LogP contribution < -0.4 is 5.73 Å². The van der Waals surface area contributed by atoms with Gasteiger partial charge in [-0.15, -0.1) is 0 Å². The summed E-state index contributed by atoms with van der Waals surface area (Å²) in [6.07, 6.45) is 4.04. The van der Waals surface area contributed by atoms with Crippen LogP contribution in [-0.4, -0.2) is 29.6 Å². The average Bonchev–Trinajstić information content (AvgIpc) is 3.06. The summed E-state index contributed by atoms with van der Waals surface area (Å²) in [5.41, 5.74) is 6.43. The van der Waals surface area contributed by atoms with Crippen LogP contribution >= 0.6 is 0 Å². The van der Waals surface area contributed by atoms with Crippen LogP contribution in [0.2, 0.25) is 0 Å². The maximum absolute atomic E-state index is 6.24. The summed E-state index contributed by atoms with van der Waals surface area (Å²) in [6.45, 7) is 16.0. The van der Waals surface area contributed by atoms with Crippen molar-refractivity contribution in [1.82, 2.24) is 4.90 Å². The number of rotatable bonds is 8. The lowest BCUT2D eigenvalue weighted by Crippen LogP contribution is -2.62. The first kappa shape index (κ1) is 16.0. The minimum Gasteiger partial charge on any atom is -0.329 e. The molecule has 2 heteroatoms. The summed E-state index contributed by atoms with van der Waals surface area (Å²) in [6, 6.07) is 0.803. The maximum Gasteiger partial charge on any atom is 0.0380 e. The summed E-state index contributed by atoms with van der Waals surface area (Å²) in [5.74, 6) is 2.02. The molecule has 0 atom stereocenters. The van der Waals surface area contributed by atoms with Gasteiger partial charge in [-0.05, 0) is 43.6 Å². The van der Waals surface area contributed by atoms with Crippen LogP contribution in [0.4, 0.5) is 0 Å². The van der Waals surface area contributed by atoms with Crippen LogP contribution in [0.5, 0.6) is 0 Å². The molecule has 0 spiro atoms. The smallest absolute Gasteiger partial charge is 0.0380 e. The molecular formula is C16H34N2. The van der Waals surface area contributed by atoms with E-state index in [1.54, 1.807) is 0 Å². The molecule has 0 heterocycles. The molecule has 108 valence electrons. The predicted octanol–water partition coefficient (Wildman–Crippen LogP) is 3.51. The van der Waals surface area contributed by atoms with Crippen LogP contribution in [0.1, 0.15) is 60.8 Å². The molecule has 0 aromatic rings. The largest absolute Gasteiger partial charge is 0.329 e. The number of nitrogens with two attached hydrogens (primary N) is 1. The fraction of sp³-hybridized carbons (Fsp3) is 1.00. The summed E-state index contributed by atoms with van der Waals surface area (Å²) in [7, 11) is 0. The van der Waals surface area contributed by atoms with Crippen LogP contribution in [-0.2, 0) is 0 Å². The lowest BCUT2D eigenvalue weighted by atomic mass is 9.75. The number of hydrogen-bond donors (Lipinski definition) is 1. The molecule has 1 saturated carbocycles. The lowest BCUT2D eigenvalue weighted by Gasteiger charge is -2.50. The second-order valence-electron chi connectivity index (χ2n) is 7.11. The predicted molar refractivity (Wildman–Crippen MR) is 80.6 cm³/mol. The van der Waals surface area contributed by atoms with Gasteiger partial charge >= 0.3 is 0 Å². The SMILES string of the molecule is CC(C)CCN(C1CC1)C(CN)(C(C)C)C(C)C. The van der Waals surface area contributed by atoms with E-state index in [-0.39, 0.29) is 5.54 Å². The number of nitrogens with zero attached hydrogens (tertiary/aromatic N) is 1. The van der Waals surface area contributed by atoms with Gasteiger partial charge in [-0.25, -0.2) is 0 Å². The van der Waals surface area contributed by atoms with Gasteiger partial charge in [0.25, 0.3) is 0 Å². The standard InChI is InChI=1S/C16H34N2/c1-12(2)9-10-18(15-7-8-15)16(11-17,13(3)4)14(5)6/h12-15H,7-11,17H2,1-6H3. The van der Waals surface area contributed by atoms with E-state index in [0.717, 1.165) is 18.5 Å². The molecule has 0 aromatic heterocycles. The Morgan fingerprint density at radius 1 is 1.06 bits per heavy atom. The maximum atomic E-state index is 6.24. The third-order valence-corrected chi connectivity index (χ3v) is 4.80. The molecule has 0 saturated heterocycles. The molecule has 0 aromatic carbocycles. The molecule has 0 amide bonds. The Balaban J connectivity index is 2.90. The Kier molecular flexibility index (Phi) is 5.67. The first-order valence-corrected chi connectivity index (χ1v) is 7.83. The van der Waals surface area contributed by atoms with Crippen LogP contribution in [0.25, 0.3) is 0 Å². The van der Waals surface area contributed by atoms with E-state index in [4.69, 9.17) is 5.73 Å². The first-order valence-electron chi connectivity index (χ1n) is 7.83. The van der Waals surface area contributed by atoms with Gasteiger partial charge in [0.05, 0.1) is 0 Å². The lowest BCUT2D eigenvalue weighted by molar-refractivity contribution is 0.000108. The quantitative estimate of drug-likeness (QED) is 0.718. The molecular weight excluding hydrogens is 220 g/mol. The highest BCUT2D eigenvalue weighted by molar-refractivity contribution is 5.02. The topological polar surface area (TPSA) is 29.3 Å². The van der Waals surface area contributed by atoms with Gasteiger partial charge in [-0.2, -0.15) is 0 Å². The molecule has 2 N–H and O–H groups in total. The van der Waals surface area contributed by atoms with Gasteiger partial charge in [-0.1, -0.05) is 41.5 Å². The van der Waals surface area contributed by atoms with Crippen molar-refractivity contribution in [3.8, 4) is 0 Å². The van der Waals surface area contributed by atoms with E-state index in [2.05, 4.69) is 46.4 Å². The van der Waals surface area contributed by atoms with Gasteiger partial charge in [-0.3, -0.25) is 4.90 Å². The molecule has 1 aliphatic carbocycles. The summed E-state index contributed by atoms with van der Waals surface area (Å²) in [4.78, 5) is 2.77. The zero-order chi connectivity index (χ0) is 13.9. The molecule has 2 nitrogen and oxygen atoms in total. The van der Waals surface area contributed by atoms with E-state index in [9.17, 15) is 0 Å². The number of hydrogen-bond acceptors (Lipinski definition) is 2. The zero-order valence-electron chi connectivity index (χ0n) is 13.4. The van der Waals surface area contributed by atoms with Gasteiger partial charge in [0, 0.05) is 18.1 Å². The van der Waals surface area contributed by atoms with Crippen molar-refractivity contribution in [2.75, 3.05) is 13.1 Å². The molecule has 0 radical (unpaired) electrons. The first-order chi connectivity index (χ1) is 8.36. The van der Waals surface area contributed by atoms with Gasteiger partial charge in [0.15, 0.2) is 0 Å². The molecule has 0 aliphatic heterocycles. The summed E-state index contributed by atoms with van der Waals surface area (Å²) < 4.78 is 0. The highest BCUT2D eigenvalue weighted by Crippen LogP contribution is 2.40.